The highest BCUT2D eigenvalue weighted by Gasteiger charge is 2.29. The predicted molar refractivity (Wildman–Crippen MR) is 107 cm³/mol. The molecule has 29 heavy (non-hydrogen) atoms. The second kappa shape index (κ2) is 7.14. The Morgan fingerprint density at radius 1 is 1.48 bits per heavy atom. The molecule has 1 aliphatic heterocycles. The summed E-state index contributed by atoms with van der Waals surface area (Å²) >= 11 is 0.777. The number of thiazole rings is 1. The van der Waals surface area contributed by atoms with Gasteiger partial charge in [-0.25, -0.2) is 4.98 Å². The van der Waals surface area contributed by atoms with Crippen molar-refractivity contribution in [3.05, 3.63) is 40.5 Å². The van der Waals surface area contributed by atoms with Gasteiger partial charge in [-0.3, -0.25) is 9.52 Å². The van der Waals surface area contributed by atoms with Crippen LogP contribution < -0.4 is 4.72 Å². The van der Waals surface area contributed by atoms with E-state index in [4.69, 9.17) is 0 Å². The minimum Gasteiger partial charge on any atom is -0.391 e. The monoisotopic (exact) mass is 431 g/mol. The fraction of sp³-hybridized carbons (Fsp3) is 0.278. The molecular formula is C18H17N5O4S2. The number of carbonyl (C=O) groups excluding carboxylic acids is 1. The average Bonchev–Trinajstić information content (AvgIpc) is 3.42. The molecule has 0 saturated carbocycles. The first-order valence-corrected chi connectivity index (χ1v) is 11.1. The van der Waals surface area contributed by atoms with Gasteiger partial charge in [-0.15, -0.1) is 0 Å². The maximum absolute atomic E-state index is 12.8. The standard InChI is InChI=1S/C18H17N5O4S2/c1-10-2-3-13(16-15(10)11(6-19)7-20-16)22-29(26,27)18-21-8-14(28-18)17(25)23-5-4-12(24)9-23/h2-3,7-8,12,20,22,24H,4-5,9H2,1H3. The number of hydrogen-bond acceptors (Lipinski definition) is 7. The Morgan fingerprint density at radius 3 is 2.97 bits per heavy atom. The van der Waals surface area contributed by atoms with E-state index >= 15 is 0 Å². The molecule has 1 aliphatic rings. The summed E-state index contributed by atoms with van der Waals surface area (Å²) in [6, 6.07) is 5.42. The number of anilines is 1. The summed E-state index contributed by atoms with van der Waals surface area (Å²) in [7, 11) is -4.03. The number of hydrogen-bond donors (Lipinski definition) is 3. The van der Waals surface area contributed by atoms with Gasteiger partial charge in [-0.05, 0) is 25.0 Å². The number of aryl methyl sites for hydroxylation is 1. The zero-order valence-corrected chi connectivity index (χ0v) is 17.0. The highest BCUT2D eigenvalue weighted by molar-refractivity contribution is 7.94. The number of nitriles is 1. The van der Waals surface area contributed by atoms with Crippen LogP contribution in [0.3, 0.4) is 0 Å². The number of aliphatic hydroxyl groups is 1. The van der Waals surface area contributed by atoms with Crippen LogP contribution in [-0.2, 0) is 10.0 Å². The van der Waals surface area contributed by atoms with Crippen molar-refractivity contribution < 1.29 is 18.3 Å². The summed E-state index contributed by atoms with van der Waals surface area (Å²) in [5.41, 5.74) is 2.06. The summed E-state index contributed by atoms with van der Waals surface area (Å²) in [5, 5.41) is 19.5. The smallest absolute Gasteiger partial charge is 0.289 e. The van der Waals surface area contributed by atoms with Crippen LogP contribution in [0.15, 0.2) is 28.9 Å². The number of benzene rings is 1. The van der Waals surface area contributed by atoms with Crippen LogP contribution in [0.4, 0.5) is 5.69 Å². The van der Waals surface area contributed by atoms with Crippen molar-refractivity contribution in [2.24, 2.45) is 0 Å². The van der Waals surface area contributed by atoms with E-state index < -0.39 is 16.1 Å². The Labute approximate surface area is 170 Å². The number of amides is 1. The Balaban J connectivity index is 1.62. The number of aliphatic hydroxyl groups excluding tert-OH is 1. The quantitative estimate of drug-likeness (QED) is 0.576. The zero-order chi connectivity index (χ0) is 20.8. The third-order valence-electron chi connectivity index (χ3n) is 4.78. The Kier molecular flexibility index (Phi) is 4.77. The van der Waals surface area contributed by atoms with E-state index in [0.717, 1.165) is 16.9 Å². The van der Waals surface area contributed by atoms with Gasteiger partial charge in [-0.1, -0.05) is 17.4 Å². The fourth-order valence-electron chi connectivity index (χ4n) is 3.35. The van der Waals surface area contributed by atoms with Gasteiger partial charge in [0.15, 0.2) is 0 Å². The molecular weight excluding hydrogens is 414 g/mol. The molecule has 11 heteroatoms. The largest absolute Gasteiger partial charge is 0.391 e. The van der Waals surface area contributed by atoms with E-state index in [1.165, 1.54) is 17.3 Å². The fourth-order valence-corrected chi connectivity index (χ4v) is 5.53. The molecule has 1 fully saturated rings. The van der Waals surface area contributed by atoms with Crippen molar-refractivity contribution in [1.82, 2.24) is 14.9 Å². The zero-order valence-electron chi connectivity index (χ0n) is 15.3. The molecule has 1 saturated heterocycles. The summed E-state index contributed by atoms with van der Waals surface area (Å²) in [5.74, 6) is -0.346. The number of nitrogens with zero attached hydrogens (tertiary/aromatic N) is 3. The number of likely N-dealkylation sites (tertiary alicyclic amines) is 1. The Bertz CT molecular complexity index is 1260. The molecule has 9 nitrogen and oxygen atoms in total. The number of fused-ring (bicyclic) bond motifs is 1. The molecule has 150 valence electrons. The molecule has 4 rings (SSSR count). The number of rotatable bonds is 4. The van der Waals surface area contributed by atoms with Crippen molar-refractivity contribution in [1.29, 1.82) is 5.26 Å². The van der Waals surface area contributed by atoms with Crippen molar-refractivity contribution in [2.45, 2.75) is 23.8 Å². The van der Waals surface area contributed by atoms with Gasteiger partial charge in [0.25, 0.3) is 15.9 Å². The van der Waals surface area contributed by atoms with E-state index in [0.29, 0.717) is 29.4 Å². The molecule has 0 bridgehead atoms. The van der Waals surface area contributed by atoms with E-state index in [1.54, 1.807) is 12.1 Å². The van der Waals surface area contributed by atoms with Crippen LogP contribution >= 0.6 is 11.3 Å². The second-order valence-corrected chi connectivity index (χ2v) is 9.67. The van der Waals surface area contributed by atoms with Crippen molar-refractivity contribution >= 4 is 43.9 Å². The number of sulfonamides is 1. The third-order valence-corrected chi connectivity index (χ3v) is 7.53. The topological polar surface area (TPSA) is 139 Å². The van der Waals surface area contributed by atoms with Gasteiger partial charge in [0.2, 0.25) is 4.34 Å². The first-order valence-electron chi connectivity index (χ1n) is 8.77. The van der Waals surface area contributed by atoms with Gasteiger partial charge < -0.3 is 15.0 Å². The minimum atomic E-state index is -4.03. The van der Waals surface area contributed by atoms with Crippen LogP contribution in [0.25, 0.3) is 10.9 Å². The van der Waals surface area contributed by atoms with Gasteiger partial charge in [0.05, 0.1) is 29.1 Å². The summed E-state index contributed by atoms with van der Waals surface area (Å²) in [6.45, 7) is 2.49. The van der Waals surface area contributed by atoms with Crippen LogP contribution in [0, 0.1) is 18.3 Å². The highest BCUT2D eigenvalue weighted by atomic mass is 32.2. The molecule has 1 aromatic carbocycles. The SMILES string of the molecule is Cc1ccc(NS(=O)(=O)c2ncc(C(=O)N3CCC(O)C3)s2)c2[nH]cc(C#N)c12. The van der Waals surface area contributed by atoms with Gasteiger partial charge in [0, 0.05) is 24.7 Å². The molecule has 0 radical (unpaired) electrons. The van der Waals surface area contributed by atoms with E-state index in [9.17, 15) is 23.6 Å². The first-order chi connectivity index (χ1) is 13.8. The minimum absolute atomic E-state index is 0.195. The number of aromatic amines is 1. The molecule has 1 amide bonds. The maximum Gasteiger partial charge on any atom is 0.289 e. The summed E-state index contributed by atoms with van der Waals surface area (Å²) in [6.07, 6.45) is 2.71. The highest BCUT2D eigenvalue weighted by Crippen LogP contribution is 2.31. The average molecular weight is 431 g/mol. The summed E-state index contributed by atoms with van der Waals surface area (Å²) < 4.78 is 27.9. The molecule has 1 atom stereocenters. The number of nitrogens with one attached hydrogen (secondary N) is 2. The Hall–Kier alpha value is -2.94. The second-order valence-electron chi connectivity index (χ2n) is 6.78. The lowest BCUT2D eigenvalue weighted by molar-refractivity contribution is 0.0769. The number of β-amino-alcohol motifs (C(OH)–C–C–N with tert-alkyl or cyclic N) is 1. The molecule has 1 unspecified atom stereocenters. The van der Waals surface area contributed by atoms with Crippen LogP contribution in [0.2, 0.25) is 0 Å². The van der Waals surface area contributed by atoms with Crippen LogP contribution in [0.1, 0.15) is 27.2 Å². The Morgan fingerprint density at radius 2 is 2.28 bits per heavy atom. The molecule has 3 aromatic rings. The van der Waals surface area contributed by atoms with Gasteiger partial charge in [0.1, 0.15) is 10.9 Å². The maximum atomic E-state index is 12.8. The van der Waals surface area contributed by atoms with Gasteiger partial charge >= 0.3 is 0 Å². The van der Waals surface area contributed by atoms with Crippen molar-refractivity contribution in [3.63, 3.8) is 0 Å². The third kappa shape index (κ3) is 3.46. The van der Waals surface area contributed by atoms with Crippen LogP contribution in [-0.4, -0.2) is 53.5 Å². The lowest BCUT2D eigenvalue weighted by Gasteiger charge is -2.13. The van der Waals surface area contributed by atoms with E-state index in [1.807, 2.05) is 6.92 Å². The first kappa shape index (κ1) is 19.4. The lowest BCUT2D eigenvalue weighted by atomic mass is 10.1. The molecule has 0 spiro atoms. The molecule has 3 N–H and O–H groups in total. The van der Waals surface area contributed by atoms with Gasteiger partial charge in [-0.2, -0.15) is 13.7 Å². The summed E-state index contributed by atoms with van der Waals surface area (Å²) in [4.78, 5) is 21.0. The number of H-pyrrole nitrogens is 1. The number of carbonyl (C=O) groups is 1. The number of aromatic nitrogens is 2. The normalized spacial score (nSPS) is 16.9. The van der Waals surface area contributed by atoms with Crippen LogP contribution in [0.5, 0.6) is 0 Å². The van der Waals surface area contributed by atoms with E-state index in [2.05, 4.69) is 20.8 Å². The molecule has 0 aliphatic carbocycles. The molecule has 3 heterocycles. The molecule has 2 aromatic heterocycles. The van der Waals surface area contributed by atoms with Crippen molar-refractivity contribution in [3.8, 4) is 6.07 Å². The van der Waals surface area contributed by atoms with E-state index in [-0.39, 0.29) is 27.4 Å². The lowest BCUT2D eigenvalue weighted by Crippen LogP contribution is -2.28. The predicted octanol–water partition coefficient (Wildman–Crippen LogP) is 1.81. The van der Waals surface area contributed by atoms with Crippen molar-refractivity contribution in [2.75, 3.05) is 17.8 Å².